The highest BCUT2D eigenvalue weighted by Crippen LogP contribution is 2.33. The topological polar surface area (TPSA) is 82.5 Å². The molecule has 8 heteroatoms. The number of benzene rings is 1. The van der Waals surface area contributed by atoms with Crippen LogP contribution in [0.3, 0.4) is 0 Å². The zero-order valence-corrected chi connectivity index (χ0v) is 20.2. The molecule has 0 bridgehead atoms. The number of hydrogen-bond acceptors (Lipinski definition) is 7. The van der Waals surface area contributed by atoms with Crippen molar-refractivity contribution in [3.05, 3.63) is 58.6 Å². The summed E-state index contributed by atoms with van der Waals surface area (Å²) < 4.78 is 0. The summed E-state index contributed by atoms with van der Waals surface area (Å²) in [6.07, 6.45) is 3.74. The third-order valence-electron chi connectivity index (χ3n) is 5.79. The summed E-state index contributed by atoms with van der Waals surface area (Å²) in [5, 5.41) is 8.94. The van der Waals surface area contributed by atoms with E-state index in [4.69, 9.17) is 4.98 Å². The molecule has 0 aliphatic carbocycles. The van der Waals surface area contributed by atoms with Gasteiger partial charge in [-0.25, -0.2) is 9.97 Å². The quantitative estimate of drug-likeness (QED) is 0.602. The number of fused-ring (bicyclic) bond motifs is 3. The molecule has 7 nitrogen and oxygen atoms in total. The molecule has 3 aromatic rings. The average Bonchev–Trinajstić information content (AvgIpc) is 3.14. The average molecular weight is 461 g/mol. The summed E-state index contributed by atoms with van der Waals surface area (Å²) in [5.41, 5.74) is 4.28. The molecule has 170 valence electrons. The Morgan fingerprint density at radius 1 is 1.09 bits per heavy atom. The number of aromatic nitrogens is 2. The third kappa shape index (κ3) is 4.54. The van der Waals surface area contributed by atoms with E-state index in [1.54, 1.807) is 11.3 Å². The highest BCUT2D eigenvalue weighted by atomic mass is 32.1. The van der Waals surface area contributed by atoms with Gasteiger partial charge in [0.15, 0.2) is 0 Å². The summed E-state index contributed by atoms with van der Waals surface area (Å²) in [6, 6.07) is 9.59. The van der Waals surface area contributed by atoms with Gasteiger partial charge in [0.2, 0.25) is 5.95 Å². The van der Waals surface area contributed by atoms with Crippen molar-refractivity contribution in [1.29, 1.82) is 0 Å². The van der Waals surface area contributed by atoms with Crippen molar-refractivity contribution in [2.75, 3.05) is 18.4 Å². The number of aliphatic imine (C=N–C) groups is 1. The molecule has 4 heterocycles. The van der Waals surface area contributed by atoms with E-state index in [1.807, 2.05) is 41.6 Å². The standard InChI is InChI=1S/C25H28N6OS/c1-24(2)14-31(15-25(3,4)30-24)22(32)16-5-7-19(8-6-16)28-23-27-13-18-12-26-11-17-9-10-33-21(17)20(18)29-23/h5-11,13,30H,12,14-15H2,1-4H3,(H,27,28,29). The van der Waals surface area contributed by atoms with Crippen LogP contribution in [0.5, 0.6) is 0 Å². The van der Waals surface area contributed by atoms with Gasteiger partial charge in [-0.15, -0.1) is 11.3 Å². The number of amides is 1. The van der Waals surface area contributed by atoms with Crippen molar-refractivity contribution in [3.8, 4) is 10.6 Å². The van der Waals surface area contributed by atoms with E-state index in [0.717, 1.165) is 27.4 Å². The Kier molecular flexibility index (Phi) is 5.29. The summed E-state index contributed by atoms with van der Waals surface area (Å²) >= 11 is 1.66. The lowest BCUT2D eigenvalue weighted by Gasteiger charge is -2.48. The van der Waals surface area contributed by atoms with Crippen LogP contribution in [0.15, 0.2) is 46.9 Å². The van der Waals surface area contributed by atoms with Gasteiger partial charge < -0.3 is 15.5 Å². The van der Waals surface area contributed by atoms with E-state index in [-0.39, 0.29) is 17.0 Å². The van der Waals surface area contributed by atoms with Crippen LogP contribution in [0.2, 0.25) is 0 Å². The molecule has 33 heavy (non-hydrogen) atoms. The number of thiophene rings is 1. The number of piperazine rings is 1. The Morgan fingerprint density at radius 2 is 1.82 bits per heavy atom. The predicted octanol–water partition coefficient (Wildman–Crippen LogP) is 4.48. The van der Waals surface area contributed by atoms with Crippen molar-refractivity contribution in [3.63, 3.8) is 0 Å². The van der Waals surface area contributed by atoms with Crippen LogP contribution in [0, 0.1) is 0 Å². The molecule has 0 spiro atoms. The number of hydrogen-bond donors (Lipinski definition) is 2. The van der Waals surface area contributed by atoms with Crippen molar-refractivity contribution in [2.45, 2.75) is 45.3 Å². The fraction of sp³-hybridized carbons (Fsp3) is 0.360. The number of anilines is 2. The van der Waals surface area contributed by atoms with Crippen molar-refractivity contribution < 1.29 is 4.79 Å². The SMILES string of the molecule is CC1(C)CN(C(=O)c2ccc(Nc3ncc4c(n3)-c3sccc3C=NC4)cc2)CC(C)(C)N1. The lowest BCUT2D eigenvalue weighted by molar-refractivity contribution is 0.0472. The molecule has 0 atom stereocenters. The number of rotatable bonds is 3. The number of carbonyl (C=O) groups excluding carboxylic acids is 1. The molecule has 0 radical (unpaired) electrons. The maximum atomic E-state index is 13.2. The van der Waals surface area contributed by atoms with Crippen molar-refractivity contribution in [2.24, 2.45) is 4.99 Å². The van der Waals surface area contributed by atoms with Gasteiger partial charge in [-0.05, 0) is 63.4 Å². The molecule has 2 aromatic heterocycles. The molecule has 1 fully saturated rings. The molecule has 1 amide bonds. The lowest BCUT2D eigenvalue weighted by atomic mass is 9.91. The molecule has 2 aliphatic rings. The van der Waals surface area contributed by atoms with Gasteiger partial charge in [0.05, 0.1) is 17.1 Å². The molecule has 0 unspecified atom stereocenters. The van der Waals surface area contributed by atoms with E-state index in [2.05, 4.69) is 59.8 Å². The first-order chi connectivity index (χ1) is 15.7. The molecular formula is C25H28N6OS. The Hall–Kier alpha value is -3.10. The number of carbonyl (C=O) groups is 1. The van der Waals surface area contributed by atoms with E-state index in [0.29, 0.717) is 31.1 Å². The largest absolute Gasteiger partial charge is 0.335 e. The normalized spacial score (nSPS) is 18.2. The molecule has 2 aliphatic heterocycles. The maximum absolute atomic E-state index is 13.2. The Labute approximate surface area is 198 Å². The van der Waals surface area contributed by atoms with Gasteiger partial charge >= 0.3 is 0 Å². The van der Waals surface area contributed by atoms with Gasteiger partial charge in [-0.3, -0.25) is 9.79 Å². The van der Waals surface area contributed by atoms with Gasteiger partial charge in [0, 0.05) is 59.0 Å². The van der Waals surface area contributed by atoms with Crippen LogP contribution < -0.4 is 10.6 Å². The van der Waals surface area contributed by atoms with Crippen LogP contribution in [0.4, 0.5) is 11.6 Å². The van der Waals surface area contributed by atoms with Gasteiger partial charge in [0.1, 0.15) is 0 Å². The molecule has 1 aromatic carbocycles. The zero-order chi connectivity index (χ0) is 23.2. The first-order valence-corrected chi connectivity index (χ1v) is 12.0. The van der Waals surface area contributed by atoms with Crippen LogP contribution in [-0.2, 0) is 6.54 Å². The van der Waals surface area contributed by atoms with Crippen LogP contribution in [0.25, 0.3) is 10.6 Å². The highest BCUT2D eigenvalue weighted by molar-refractivity contribution is 7.14. The van der Waals surface area contributed by atoms with Crippen LogP contribution in [0.1, 0.15) is 49.2 Å². The second-order valence-corrected chi connectivity index (χ2v) is 10.9. The van der Waals surface area contributed by atoms with E-state index in [1.165, 1.54) is 0 Å². The van der Waals surface area contributed by atoms with E-state index < -0.39 is 0 Å². The fourth-order valence-corrected chi connectivity index (χ4v) is 5.69. The Balaban J connectivity index is 1.33. The smallest absolute Gasteiger partial charge is 0.253 e. The molecule has 2 N–H and O–H groups in total. The first-order valence-electron chi connectivity index (χ1n) is 11.1. The van der Waals surface area contributed by atoms with Crippen molar-refractivity contribution in [1.82, 2.24) is 20.2 Å². The highest BCUT2D eigenvalue weighted by Gasteiger charge is 2.38. The summed E-state index contributed by atoms with van der Waals surface area (Å²) in [6.45, 7) is 10.5. The minimum atomic E-state index is -0.130. The second kappa shape index (κ2) is 8.04. The molecular weight excluding hydrogens is 432 g/mol. The third-order valence-corrected chi connectivity index (χ3v) is 6.73. The monoisotopic (exact) mass is 460 g/mol. The summed E-state index contributed by atoms with van der Waals surface area (Å²) in [5.74, 6) is 0.579. The Morgan fingerprint density at radius 3 is 2.55 bits per heavy atom. The van der Waals surface area contributed by atoms with Crippen LogP contribution >= 0.6 is 11.3 Å². The van der Waals surface area contributed by atoms with Gasteiger partial charge in [-0.2, -0.15) is 0 Å². The molecule has 0 saturated carbocycles. The fourth-order valence-electron chi connectivity index (χ4n) is 4.79. The van der Waals surface area contributed by atoms with Gasteiger partial charge in [0.25, 0.3) is 5.91 Å². The van der Waals surface area contributed by atoms with Gasteiger partial charge in [-0.1, -0.05) is 0 Å². The minimum absolute atomic E-state index is 0.0516. The van der Waals surface area contributed by atoms with E-state index in [9.17, 15) is 4.79 Å². The first kappa shape index (κ1) is 21.7. The predicted molar refractivity (Wildman–Crippen MR) is 134 cm³/mol. The molecule has 1 saturated heterocycles. The lowest BCUT2D eigenvalue weighted by Crippen LogP contribution is -2.67. The second-order valence-electron chi connectivity index (χ2n) is 10.00. The zero-order valence-electron chi connectivity index (χ0n) is 19.3. The number of nitrogens with one attached hydrogen (secondary N) is 2. The summed E-state index contributed by atoms with van der Waals surface area (Å²) in [4.78, 5) is 29.9. The van der Waals surface area contributed by atoms with E-state index >= 15 is 0 Å². The summed E-state index contributed by atoms with van der Waals surface area (Å²) in [7, 11) is 0. The Bertz CT molecular complexity index is 1210. The van der Waals surface area contributed by atoms with Crippen LogP contribution in [-0.4, -0.2) is 51.2 Å². The molecule has 5 rings (SSSR count). The number of nitrogens with zero attached hydrogens (tertiary/aromatic N) is 4. The minimum Gasteiger partial charge on any atom is -0.335 e. The maximum Gasteiger partial charge on any atom is 0.253 e. The van der Waals surface area contributed by atoms with Crippen molar-refractivity contribution >= 4 is 35.1 Å².